The van der Waals surface area contributed by atoms with E-state index in [4.69, 9.17) is 9.47 Å². The van der Waals surface area contributed by atoms with Crippen molar-refractivity contribution in [3.63, 3.8) is 0 Å². The van der Waals surface area contributed by atoms with Crippen molar-refractivity contribution in [2.75, 3.05) is 25.1 Å². The van der Waals surface area contributed by atoms with E-state index in [1.165, 1.54) is 26.4 Å². The molecule has 2 rings (SSSR count). The van der Waals surface area contributed by atoms with E-state index in [0.29, 0.717) is 5.75 Å². The van der Waals surface area contributed by atoms with Gasteiger partial charge in [0.1, 0.15) is 18.0 Å². The summed E-state index contributed by atoms with van der Waals surface area (Å²) < 4.78 is 38.2. The number of anilines is 1. The standard InChI is InChI=1S/C20H26N2O5S/c1-5-15(2)21-20(23)14-22(28(24,25)17-9-7-6-8-10-17)18-12-11-16(26-3)13-19(18)27-4/h6-13,15H,5,14H2,1-4H3,(H,21,23)/t15-/m1/s1. The molecular formula is C20H26N2O5S. The van der Waals surface area contributed by atoms with Crippen LogP contribution < -0.4 is 19.1 Å². The Hall–Kier alpha value is -2.74. The second-order valence-electron chi connectivity index (χ2n) is 6.24. The molecule has 0 fully saturated rings. The number of hydrogen-bond acceptors (Lipinski definition) is 5. The predicted octanol–water partition coefficient (Wildman–Crippen LogP) is 2.81. The van der Waals surface area contributed by atoms with E-state index in [9.17, 15) is 13.2 Å². The van der Waals surface area contributed by atoms with Gasteiger partial charge in [0.05, 0.1) is 24.8 Å². The molecule has 0 aliphatic heterocycles. The molecule has 0 unspecified atom stereocenters. The Bertz CT molecular complexity index is 900. The van der Waals surface area contributed by atoms with Crippen LogP contribution in [-0.4, -0.2) is 41.1 Å². The summed E-state index contributed by atoms with van der Waals surface area (Å²) >= 11 is 0. The largest absolute Gasteiger partial charge is 0.497 e. The van der Waals surface area contributed by atoms with Crippen molar-refractivity contribution in [2.45, 2.75) is 31.2 Å². The maximum atomic E-state index is 13.3. The van der Waals surface area contributed by atoms with Gasteiger partial charge >= 0.3 is 0 Å². The predicted molar refractivity (Wildman–Crippen MR) is 108 cm³/mol. The molecule has 1 N–H and O–H groups in total. The SMILES string of the molecule is CC[C@@H](C)NC(=O)CN(c1ccc(OC)cc1OC)S(=O)(=O)c1ccccc1. The molecule has 152 valence electrons. The van der Waals surface area contributed by atoms with E-state index in [-0.39, 0.29) is 28.9 Å². The second kappa shape index (κ2) is 9.45. The fourth-order valence-corrected chi connectivity index (χ4v) is 4.02. The lowest BCUT2D eigenvalue weighted by molar-refractivity contribution is -0.120. The van der Waals surface area contributed by atoms with Crippen molar-refractivity contribution in [1.82, 2.24) is 5.32 Å². The fourth-order valence-electron chi connectivity index (χ4n) is 2.56. The first kappa shape index (κ1) is 21.6. The molecule has 0 aliphatic rings. The van der Waals surface area contributed by atoms with Gasteiger partial charge in [0.2, 0.25) is 5.91 Å². The third kappa shape index (κ3) is 4.95. The molecule has 0 bridgehead atoms. The summed E-state index contributed by atoms with van der Waals surface area (Å²) in [6, 6.07) is 12.7. The molecule has 0 aliphatic carbocycles. The van der Waals surface area contributed by atoms with E-state index >= 15 is 0 Å². The molecule has 7 nitrogen and oxygen atoms in total. The highest BCUT2D eigenvalue weighted by molar-refractivity contribution is 7.92. The lowest BCUT2D eigenvalue weighted by atomic mass is 10.2. The van der Waals surface area contributed by atoms with Crippen molar-refractivity contribution in [2.24, 2.45) is 0 Å². The molecule has 0 aromatic heterocycles. The monoisotopic (exact) mass is 406 g/mol. The number of ether oxygens (including phenoxy) is 2. The summed E-state index contributed by atoms with van der Waals surface area (Å²) in [5.74, 6) is 0.406. The minimum atomic E-state index is -3.99. The van der Waals surface area contributed by atoms with Crippen molar-refractivity contribution in [3.05, 3.63) is 48.5 Å². The van der Waals surface area contributed by atoms with E-state index in [2.05, 4.69) is 5.32 Å². The number of carbonyl (C=O) groups excluding carboxylic acids is 1. The Morgan fingerprint density at radius 1 is 1.11 bits per heavy atom. The molecule has 8 heteroatoms. The summed E-state index contributed by atoms with van der Waals surface area (Å²) in [6.45, 7) is 3.43. The third-order valence-electron chi connectivity index (χ3n) is 4.29. The number of amides is 1. The van der Waals surface area contributed by atoms with Crippen molar-refractivity contribution in [1.29, 1.82) is 0 Å². The van der Waals surface area contributed by atoms with Gasteiger partial charge in [-0.2, -0.15) is 0 Å². The van der Waals surface area contributed by atoms with Gasteiger partial charge in [0, 0.05) is 12.1 Å². The summed E-state index contributed by atoms with van der Waals surface area (Å²) in [6.07, 6.45) is 0.739. The average molecular weight is 407 g/mol. The topological polar surface area (TPSA) is 84.9 Å². The number of nitrogens with one attached hydrogen (secondary N) is 1. The molecule has 1 amide bonds. The van der Waals surface area contributed by atoms with Crippen molar-refractivity contribution >= 4 is 21.6 Å². The Morgan fingerprint density at radius 3 is 2.36 bits per heavy atom. The number of nitrogens with zero attached hydrogens (tertiary/aromatic N) is 1. The molecular weight excluding hydrogens is 380 g/mol. The van der Waals surface area contributed by atoms with Crippen molar-refractivity contribution < 1.29 is 22.7 Å². The van der Waals surface area contributed by atoms with Crippen LogP contribution in [0.2, 0.25) is 0 Å². The van der Waals surface area contributed by atoms with Crippen molar-refractivity contribution in [3.8, 4) is 11.5 Å². The molecule has 0 saturated carbocycles. The minimum Gasteiger partial charge on any atom is -0.497 e. The zero-order valence-corrected chi connectivity index (χ0v) is 17.3. The van der Waals surface area contributed by atoms with Gasteiger partial charge in [-0.15, -0.1) is 0 Å². The lowest BCUT2D eigenvalue weighted by Gasteiger charge is -2.26. The number of rotatable bonds is 9. The van der Waals surface area contributed by atoms with Gasteiger partial charge < -0.3 is 14.8 Å². The summed E-state index contributed by atoms with van der Waals surface area (Å²) in [7, 11) is -1.05. The van der Waals surface area contributed by atoms with Gasteiger partial charge in [0.25, 0.3) is 10.0 Å². The second-order valence-corrected chi connectivity index (χ2v) is 8.10. The molecule has 28 heavy (non-hydrogen) atoms. The molecule has 0 spiro atoms. The highest BCUT2D eigenvalue weighted by Crippen LogP contribution is 2.35. The Kier molecular flexibility index (Phi) is 7.28. The van der Waals surface area contributed by atoms with E-state index < -0.39 is 15.9 Å². The zero-order valence-electron chi connectivity index (χ0n) is 16.5. The molecule has 2 aromatic carbocycles. The first-order valence-corrected chi connectivity index (χ1v) is 10.4. The minimum absolute atomic E-state index is 0.0634. The molecule has 0 heterocycles. The highest BCUT2D eigenvalue weighted by Gasteiger charge is 2.29. The van der Waals surface area contributed by atoms with Crippen LogP contribution in [0.5, 0.6) is 11.5 Å². The van der Waals surface area contributed by atoms with Gasteiger partial charge in [0.15, 0.2) is 0 Å². The van der Waals surface area contributed by atoms with E-state index in [0.717, 1.165) is 10.7 Å². The molecule has 0 saturated heterocycles. The molecule has 0 radical (unpaired) electrons. The van der Waals surface area contributed by atoms with Gasteiger partial charge in [-0.1, -0.05) is 25.1 Å². The van der Waals surface area contributed by atoms with Gasteiger partial charge in [-0.3, -0.25) is 9.10 Å². The number of benzene rings is 2. The number of carbonyl (C=O) groups is 1. The smallest absolute Gasteiger partial charge is 0.264 e. The lowest BCUT2D eigenvalue weighted by Crippen LogP contribution is -2.43. The van der Waals surface area contributed by atoms with E-state index in [1.807, 2.05) is 13.8 Å². The Balaban J connectivity index is 2.52. The Labute approximate surface area is 166 Å². The van der Waals surface area contributed by atoms with Gasteiger partial charge in [-0.05, 0) is 37.6 Å². The van der Waals surface area contributed by atoms with Crippen LogP contribution in [-0.2, 0) is 14.8 Å². The van der Waals surface area contributed by atoms with Crippen LogP contribution in [0.1, 0.15) is 20.3 Å². The van der Waals surface area contributed by atoms with E-state index in [1.54, 1.807) is 36.4 Å². The fraction of sp³-hybridized carbons (Fsp3) is 0.350. The third-order valence-corrected chi connectivity index (χ3v) is 6.07. The number of hydrogen-bond donors (Lipinski definition) is 1. The number of methoxy groups -OCH3 is 2. The first-order chi connectivity index (χ1) is 13.3. The van der Waals surface area contributed by atoms with Crippen LogP contribution in [0.4, 0.5) is 5.69 Å². The molecule has 2 aromatic rings. The van der Waals surface area contributed by atoms with Gasteiger partial charge in [-0.25, -0.2) is 8.42 Å². The maximum absolute atomic E-state index is 13.3. The average Bonchev–Trinajstić information content (AvgIpc) is 2.72. The van der Waals surface area contributed by atoms with Crippen LogP contribution in [0.3, 0.4) is 0 Å². The summed E-state index contributed by atoms with van der Waals surface area (Å²) in [5.41, 5.74) is 0.256. The number of sulfonamides is 1. The maximum Gasteiger partial charge on any atom is 0.264 e. The molecule has 1 atom stereocenters. The van der Waals surface area contributed by atoms with Crippen LogP contribution in [0, 0.1) is 0 Å². The normalized spacial score (nSPS) is 12.1. The summed E-state index contributed by atoms with van der Waals surface area (Å²) in [5, 5.41) is 2.80. The summed E-state index contributed by atoms with van der Waals surface area (Å²) in [4.78, 5) is 12.6. The Morgan fingerprint density at radius 2 is 1.79 bits per heavy atom. The van der Waals surface area contributed by atoms with Crippen LogP contribution >= 0.6 is 0 Å². The highest BCUT2D eigenvalue weighted by atomic mass is 32.2. The first-order valence-electron chi connectivity index (χ1n) is 8.92. The van der Waals surface area contributed by atoms with Crippen LogP contribution in [0.15, 0.2) is 53.4 Å². The quantitative estimate of drug-likeness (QED) is 0.692. The zero-order chi connectivity index (χ0) is 20.7. The van der Waals surface area contributed by atoms with Crippen LogP contribution in [0.25, 0.3) is 0 Å².